The van der Waals surface area contributed by atoms with E-state index in [0.29, 0.717) is 45.9 Å². The lowest BCUT2D eigenvalue weighted by molar-refractivity contribution is -0.132. The molecule has 0 fully saturated rings. The zero-order chi connectivity index (χ0) is 105. The fourth-order valence-corrected chi connectivity index (χ4v) is 89.1. The lowest BCUT2D eigenvalue weighted by Crippen LogP contribution is -2.60. The molecule has 0 bridgehead atoms. The van der Waals surface area contributed by atoms with Gasteiger partial charge in [0.2, 0.25) is 8.32 Å². The standard InChI is InChI=1S/C28H65F3O10Si5.2C12H33F3O4Si5.C9H18O3.C8H21F3O4Si3.C2H7ClSi.C2H4/c1-24(32)19-36-26(3)21-34-16-14-17-42(5,6)38-44(9,10)40-46(13,18-15-28(29,30)31)41-45(11,12)39-43(7,8)23-35-22-27(4)37-20-25(2)33;2*1-20(2)16-22(5,6)18-24(9,11-10-12(13,14)15)19-23(7,8)17-21(3)4;1-4-5-11-7-9(3)12-6-8(2)10;1-16(2,12)14-18(5,15-17(3,4)13)7-6-8(9,10)11;1-4(2)3;1-2/h24-27,32-33H,14-23H2,1-13H3;2*20-21H,10-11H2,1-9H3;4,8-10H,1,5-7H2,2-3H3;12-13H,6-7H2,1-5H3;4H,1-2H3;1-2H2. The highest BCUT2D eigenvalue weighted by molar-refractivity contribution is 7.05. The number of alkyl halides is 12. The topological polar surface area (TPSA) is 286 Å². The van der Waals surface area contributed by atoms with Crippen LogP contribution < -0.4 is 0 Å². The number of hydrogen-bond donors (Lipinski definition) is 5. The molecular formula is C73H181ClF12O25Si19. The third-order valence-electron chi connectivity index (χ3n) is 15.0. The summed E-state index contributed by atoms with van der Waals surface area (Å²) in [5, 5.41) is 27.6. The van der Waals surface area contributed by atoms with Gasteiger partial charge in [-0.2, -0.15) is 63.8 Å². The molecule has 130 heavy (non-hydrogen) atoms. The molecule has 0 rings (SSSR count). The van der Waals surface area contributed by atoms with Gasteiger partial charge >= 0.3 is 127 Å². The second kappa shape index (κ2) is 66.1. The van der Waals surface area contributed by atoms with Crippen LogP contribution in [-0.4, -0.2) is 309 Å². The van der Waals surface area contributed by atoms with E-state index in [1.165, 1.54) is 32.7 Å². The Morgan fingerprint density at radius 3 is 0.754 bits per heavy atom. The van der Waals surface area contributed by atoms with Crippen molar-refractivity contribution in [2.45, 2.75) is 388 Å². The first-order valence-corrected chi connectivity index (χ1v) is 98.5. The van der Waals surface area contributed by atoms with Crippen LogP contribution in [0.3, 0.4) is 0 Å². The molecule has 0 aromatic rings. The Balaban J connectivity index is -0.000000307. The third kappa shape index (κ3) is 102. The predicted octanol–water partition coefficient (Wildman–Crippen LogP) is 20.7. The van der Waals surface area contributed by atoms with Gasteiger partial charge in [0, 0.05) is 32.3 Å². The Hall–Kier alpha value is 2.05. The average Bonchev–Trinajstić information content (AvgIpc) is 0.802. The predicted molar refractivity (Wildman–Crippen MR) is 548 cm³/mol. The zero-order valence-electron chi connectivity index (χ0n) is 86.8. The monoisotopic (exact) mass is 2250 g/mol. The van der Waals surface area contributed by atoms with E-state index >= 15 is 0 Å². The van der Waals surface area contributed by atoms with Gasteiger partial charge < -0.3 is 111 Å². The highest BCUT2D eigenvalue weighted by Gasteiger charge is 2.53. The summed E-state index contributed by atoms with van der Waals surface area (Å²) in [7, 11) is -45.5. The minimum atomic E-state index is -4.35. The molecule has 5 N–H and O–H groups in total. The van der Waals surface area contributed by atoms with E-state index in [0.717, 1.165) is 12.5 Å². The van der Waals surface area contributed by atoms with Crippen molar-refractivity contribution in [3.8, 4) is 0 Å². The zero-order valence-corrected chi connectivity index (χ0v) is 107. The Bertz CT molecular complexity index is 2740. The normalized spacial score (nSPS) is 15.6. The molecule has 0 saturated heterocycles. The highest BCUT2D eigenvalue weighted by atomic mass is 35.6. The third-order valence-corrected chi connectivity index (χ3v) is 76.6. The number of aliphatic hydroxyl groups excluding tert-OH is 3. The second-order valence-corrected chi connectivity index (χ2v) is 105. The van der Waals surface area contributed by atoms with E-state index in [1.807, 2.05) is 165 Å². The summed E-state index contributed by atoms with van der Waals surface area (Å²) in [6, 6.07) is -0.0454. The van der Waals surface area contributed by atoms with Crippen LogP contribution in [0, 0.1) is 0 Å². The molecule has 0 heterocycles. The first-order chi connectivity index (χ1) is 57.6. The van der Waals surface area contributed by atoms with E-state index in [1.54, 1.807) is 46.5 Å². The Morgan fingerprint density at radius 2 is 0.538 bits per heavy atom. The molecule has 7 unspecified atom stereocenters. The van der Waals surface area contributed by atoms with Gasteiger partial charge in [0.25, 0.3) is 0 Å². The van der Waals surface area contributed by atoms with Gasteiger partial charge in [0.05, 0.1) is 89.1 Å². The van der Waals surface area contributed by atoms with Crippen LogP contribution in [0.5, 0.6) is 0 Å². The van der Waals surface area contributed by atoms with Crippen LogP contribution in [0.1, 0.15) is 73.6 Å². The van der Waals surface area contributed by atoms with E-state index in [4.69, 9.17) is 102 Å². The van der Waals surface area contributed by atoms with Crippen LogP contribution in [-0.2, 0) is 86.0 Å². The average molecular weight is 2260 g/mol. The summed E-state index contributed by atoms with van der Waals surface area (Å²) in [6.45, 7) is 86.9. The van der Waals surface area contributed by atoms with Crippen molar-refractivity contribution in [2.24, 2.45) is 0 Å². The summed E-state index contributed by atoms with van der Waals surface area (Å²) in [5.41, 5.74) is 0. The summed E-state index contributed by atoms with van der Waals surface area (Å²) >= 11 is 5.41. The number of halogens is 13. The number of rotatable bonds is 59. The van der Waals surface area contributed by atoms with Crippen LogP contribution in [0.2, 0.25) is 253 Å². The van der Waals surface area contributed by atoms with Crippen molar-refractivity contribution in [1.82, 2.24) is 0 Å². The van der Waals surface area contributed by atoms with Gasteiger partial charge in [0.15, 0.2) is 44.5 Å². The van der Waals surface area contributed by atoms with Crippen molar-refractivity contribution in [2.75, 3.05) is 59.1 Å². The molecule has 25 nitrogen and oxygen atoms in total. The smallest absolute Gasteiger partial charge is 0.389 e. The van der Waals surface area contributed by atoms with Gasteiger partial charge in [0.1, 0.15) is 8.11 Å². The van der Waals surface area contributed by atoms with E-state index in [-0.39, 0.29) is 55.7 Å². The maximum absolute atomic E-state index is 13.4. The minimum absolute atomic E-state index is 0.0274. The summed E-state index contributed by atoms with van der Waals surface area (Å²) in [4.78, 5) is 19.4. The van der Waals surface area contributed by atoms with Crippen LogP contribution in [0.4, 0.5) is 52.7 Å². The quantitative estimate of drug-likeness (QED) is 0.0124. The van der Waals surface area contributed by atoms with Crippen LogP contribution in [0.25, 0.3) is 0 Å². The van der Waals surface area contributed by atoms with Crippen molar-refractivity contribution < 1.29 is 164 Å². The first-order valence-electron chi connectivity index (χ1n) is 44.4. The molecule has 0 spiro atoms. The molecule has 0 aliphatic heterocycles. The highest BCUT2D eigenvalue weighted by Crippen LogP contribution is 2.38. The molecule has 0 radical (unpaired) electrons. The molecule has 0 aliphatic carbocycles. The largest absolute Gasteiger partial charge is 0.440 e. The molecule has 0 aromatic heterocycles. The summed E-state index contributed by atoms with van der Waals surface area (Å²) < 4.78 is 272. The fourth-order valence-electron chi connectivity index (χ4n) is 12.7. The molecule has 0 saturated carbocycles. The van der Waals surface area contributed by atoms with Crippen LogP contribution >= 0.6 is 11.1 Å². The van der Waals surface area contributed by atoms with Crippen molar-refractivity contribution >= 4 is 175 Å². The van der Waals surface area contributed by atoms with Gasteiger partial charge in [-0.3, -0.25) is 0 Å². The number of ether oxygens (including phenoxy) is 6. The molecule has 0 aromatic carbocycles. The van der Waals surface area contributed by atoms with Crippen molar-refractivity contribution in [3.63, 3.8) is 0 Å². The van der Waals surface area contributed by atoms with Gasteiger partial charge in [-0.1, -0.05) is 19.2 Å². The summed E-state index contributed by atoms with van der Waals surface area (Å²) in [6.07, 6.45) is -19.9. The van der Waals surface area contributed by atoms with Gasteiger partial charge in [-0.05, 0) is 288 Å². The van der Waals surface area contributed by atoms with Crippen LogP contribution in [0.15, 0.2) is 25.8 Å². The molecule has 0 aliphatic rings. The second-order valence-electron chi connectivity index (χ2n) is 39.0. The Labute approximate surface area is 805 Å². The molecule has 790 valence electrons. The maximum atomic E-state index is 13.4. The lowest BCUT2D eigenvalue weighted by atomic mass is 10.4. The number of hydrogen-bond acceptors (Lipinski definition) is 25. The summed E-state index contributed by atoms with van der Waals surface area (Å²) in [5.74, 6) is 0. The maximum Gasteiger partial charge on any atom is 0.389 e. The van der Waals surface area contributed by atoms with Crippen molar-refractivity contribution in [1.29, 1.82) is 0 Å². The van der Waals surface area contributed by atoms with Gasteiger partial charge in [-0.25, -0.2) is 0 Å². The fraction of sp³-hybridized carbons (Fsp3) is 0.945. The molecule has 0 amide bonds. The molecule has 7 atom stereocenters. The molecule has 57 heteroatoms. The SMILES string of the molecule is C=C.C=CCOCC(C)OCC(C)O.CC(O)COC(C)COCCC[Si](C)(C)O[Si](C)(C)O[Si](C)(CCC(F)(F)F)O[Si](C)(C)O[Si](C)(C)COCC(C)OCC(C)O.C[SiH](C)Cl.C[SiH](C)O[Si](C)(C)O[Si](C)(CCC(F)(F)F)O[Si](C)(C)O[SiH](C)C.C[SiH](C)O[Si](C)(C)O[Si](C)(CCC(F)(F)F)O[Si](C)(C)O[SiH](C)C.C[Si](C)(O)O[Si](C)(CCC(F)(F)F)O[Si](C)(C)O. The number of aliphatic hydroxyl groups is 3. The Kier molecular flexibility index (Phi) is 73.8. The van der Waals surface area contributed by atoms with E-state index in [2.05, 4.69) is 45.9 Å². The Morgan fingerprint density at radius 1 is 0.323 bits per heavy atom. The van der Waals surface area contributed by atoms with Crippen molar-refractivity contribution in [3.05, 3.63) is 25.8 Å². The van der Waals surface area contributed by atoms with E-state index in [9.17, 15) is 72.5 Å². The first kappa shape index (κ1) is 145. The lowest BCUT2D eigenvalue weighted by Gasteiger charge is -2.44. The molecular weight excluding hydrogens is 2070 g/mol. The minimum Gasteiger partial charge on any atom is -0.440 e. The van der Waals surface area contributed by atoms with E-state index < -0.39 is 232 Å². The van der Waals surface area contributed by atoms with Gasteiger partial charge in [-0.15, -0.1) is 19.7 Å².